The van der Waals surface area contributed by atoms with Crippen LogP contribution in [0.5, 0.6) is 11.5 Å². The molecular formula is C23H32Cl3NO2. The molecule has 0 unspecified atom stereocenters. The van der Waals surface area contributed by atoms with Gasteiger partial charge < -0.3 is 14.8 Å². The van der Waals surface area contributed by atoms with Gasteiger partial charge in [0.25, 0.3) is 0 Å². The smallest absolute Gasteiger partial charge is 0.161 e. The molecular weight excluding hydrogens is 429 g/mol. The van der Waals surface area contributed by atoms with E-state index in [1.165, 1.54) is 0 Å². The Bertz CT molecular complexity index is 801. The SMILES string of the molecule is COc1cc(CNC(C)(C)CC(C)(C)C)ccc1OCc1ccc(Cl)c(Cl)c1.Cl. The third-order valence-corrected chi connectivity index (χ3v) is 5.09. The molecule has 6 heteroatoms. The van der Waals surface area contributed by atoms with Crippen LogP contribution in [0.1, 0.15) is 52.2 Å². The molecule has 0 aliphatic heterocycles. The molecule has 0 aromatic heterocycles. The van der Waals surface area contributed by atoms with E-state index in [1.807, 2.05) is 24.3 Å². The molecule has 0 saturated carbocycles. The lowest BCUT2D eigenvalue weighted by Crippen LogP contribution is -2.41. The van der Waals surface area contributed by atoms with Crippen molar-refractivity contribution in [2.45, 2.75) is 59.7 Å². The zero-order chi connectivity index (χ0) is 20.9. The highest BCUT2D eigenvalue weighted by Gasteiger charge is 2.24. The number of hydrogen-bond acceptors (Lipinski definition) is 3. The second kappa shape index (κ2) is 10.8. The van der Waals surface area contributed by atoms with E-state index in [9.17, 15) is 0 Å². The number of ether oxygens (including phenoxy) is 2. The summed E-state index contributed by atoms with van der Waals surface area (Å²) in [4.78, 5) is 0. The fraction of sp³-hybridized carbons (Fsp3) is 0.478. The third kappa shape index (κ3) is 8.64. The van der Waals surface area contributed by atoms with Crippen molar-refractivity contribution in [1.82, 2.24) is 5.32 Å². The Labute approximate surface area is 191 Å². The molecule has 0 saturated heterocycles. The molecule has 0 fully saturated rings. The third-order valence-electron chi connectivity index (χ3n) is 4.35. The molecule has 0 aliphatic rings. The van der Waals surface area contributed by atoms with Gasteiger partial charge in [-0.15, -0.1) is 12.4 Å². The first-order chi connectivity index (χ1) is 13.0. The lowest BCUT2D eigenvalue weighted by molar-refractivity contribution is 0.240. The molecule has 0 atom stereocenters. The van der Waals surface area contributed by atoms with Crippen LogP contribution in [0.2, 0.25) is 10.0 Å². The van der Waals surface area contributed by atoms with E-state index in [4.69, 9.17) is 32.7 Å². The van der Waals surface area contributed by atoms with Gasteiger partial charge in [0, 0.05) is 12.1 Å². The van der Waals surface area contributed by atoms with Crippen molar-refractivity contribution in [2.75, 3.05) is 7.11 Å². The van der Waals surface area contributed by atoms with Gasteiger partial charge in [-0.3, -0.25) is 0 Å². The Kier molecular flexibility index (Phi) is 9.62. The molecule has 162 valence electrons. The van der Waals surface area contributed by atoms with Crippen LogP contribution in [0.3, 0.4) is 0 Å². The van der Waals surface area contributed by atoms with Crippen molar-refractivity contribution >= 4 is 35.6 Å². The van der Waals surface area contributed by atoms with Crippen molar-refractivity contribution in [2.24, 2.45) is 5.41 Å². The summed E-state index contributed by atoms with van der Waals surface area (Å²) in [7, 11) is 1.65. The lowest BCUT2D eigenvalue weighted by Gasteiger charge is -2.33. The molecule has 0 radical (unpaired) electrons. The van der Waals surface area contributed by atoms with Crippen LogP contribution in [0.25, 0.3) is 0 Å². The van der Waals surface area contributed by atoms with Gasteiger partial charge in [0.15, 0.2) is 11.5 Å². The fourth-order valence-electron chi connectivity index (χ4n) is 3.46. The van der Waals surface area contributed by atoms with E-state index < -0.39 is 0 Å². The normalized spacial score (nSPS) is 11.7. The van der Waals surface area contributed by atoms with E-state index in [-0.39, 0.29) is 23.4 Å². The number of hydrogen-bond donors (Lipinski definition) is 1. The van der Waals surface area contributed by atoms with E-state index in [1.54, 1.807) is 13.2 Å². The number of rotatable bonds is 8. The zero-order valence-corrected chi connectivity index (χ0v) is 20.4. The van der Waals surface area contributed by atoms with Gasteiger partial charge >= 0.3 is 0 Å². The molecule has 2 aromatic rings. The minimum absolute atomic E-state index is 0. The molecule has 1 N–H and O–H groups in total. The van der Waals surface area contributed by atoms with E-state index in [0.717, 1.165) is 24.1 Å². The van der Waals surface area contributed by atoms with Gasteiger partial charge in [0.1, 0.15) is 6.61 Å². The molecule has 3 nitrogen and oxygen atoms in total. The molecule has 29 heavy (non-hydrogen) atoms. The van der Waals surface area contributed by atoms with Crippen LogP contribution in [0.4, 0.5) is 0 Å². The molecule has 0 bridgehead atoms. The summed E-state index contributed by atoms with van der Waals surface area (Å²) in [5.41, 5.74) is 2.43. The van der Waals surface area contributed by atoms with Crippen LogP contribution in [0, 0.1) is 5.41 Å². The van der Waals surface area contributed by atoms with Crippen LogP contribution in [0.15, 0.2) is 36.4 Å². The number of nitrogens with one attached hydrogen (secondary N) is 1. The highest BCUT2D eigenvalue weighted by molar-refractivity contribution is 6.42. The standard InChI is InChI=1S/C23H31Cl2NO2.ClH/c1-22(2,3)15-23(4,5)26-13-16-8-10-20(21(12-16)27-6)28-14-17-7-9-18(24)19(25)11-17;/h7-12,26H,13-15H2,1-6H3;1H. The zero-order valence-electron chi connectivity index (χ0n) is 18.1. The van der Waals surface area contributed by atoms with E-state index in [0.29, 0.717) is 28.2 Å². The second-order valence-corrected chi connectivity index (χ2v) is 9.81. The monoisotopic (exact) mass is 459 g/mol. The van der Waals surface area contributed by atoms with Crippen molar-refractivity contribution in [3.05, 3.63) is 57.6 Å². The minimum Gasteiger partial charge on any atom is -0.493 e. The second-order valence-electron chi connectivity index (χ2n) is 9.00. The van der Waals surface area contributed by atoms with Crippen molar-refractivity contribution in [1.29, 1.82) is 0 Å². The summed E-state index contributed by atoms with van der Waals surface area (Å²) < 4.78 is 11.5. The maximum atomic E-state index is 6.07. The average molecular weight is 461 g/mol. The van der Waals surface area contributed by atoms with Crippen molar-refractivity contribution in [3.63, 3.8) is 0 Å². The summed E-state index contributed by atoms with van der Waals surface area (Å²) in [5, 5.41) is 4.71. The Morgan fingerprint density at radius 1 is 0.862 bits per heavy atom. The van der Waals surface area contributed by atoms with E-state index >= 15 is 0 Å². The molecule has 0 heterocycles. The first-order valence-corrected chi connectivity index (χ1v) is 10.2. The van der Waals surface area contributed by atoms with Gasteiger partial charge in [-0.05, 0) is 61.1 Å². The maximum absolute atomic E-state index is 6.07. The van der Waals surface area contributed by atoms with Gasteiger partial charge in [-0.25, -0.2) is 0 Å². The summed E-state index contributed by atoms with van der Waals surface area (Å²) in [6.07, 6.45) is 1.09. The molecule has 0 amide bonds. The summed E-state index contributed by atoms with van der Waals surface area (Å²) in [5.74, 6) is 1.42. The van der Waals surface area contributed by atoms with Crippen molar-refractivity contribution < 1.29 is 9.47 Å². The quantitative estimate of drug-likeness (QED) is 0.448. The maximum Gasteiger partial charge on any atom is 0.161 e. The molecule has 0 spiro atoms. The van der Waals surface area contributed by atoms with Gasteiger partial charge in [0.2, 0.25) is 0 Å². The van der Waals surface area contributed by atoms with E-state index in [2.05, 4.69) is 46.0 Å². The Balaban J connectivity index is 0.00000420. The Morgan fingerprint density at radius 3 is 2.10 bits per heavy atom. The Morgan fingerprint density at radius 2 is 1.52 bits per heavy atom. The fourth-order valence-corrected chi connectivity index (χ4v) is 3.78. The highest BCUT2D eigenvalue weighted by atomic mass is 35.5. The van der Waals surface area contributed by atoms with Crippen molar-refractivity contribution in [3.8, 4) is 11.5 Å². The number of methoxy groups -OCH3 is 1. The van der Waals surface area contributed by atoms with Crippen LogP contribution in [-0.2, 0) is 13.2 Å². The predicted molar refractivity (Wildman–Crippen MR) is 126 cm³/mol. The van der Waals surface area contributed by atoms with Crippen LogP contribution >= 0.6 is 35.6 Å². The topological polar surface area (TPSA) is 30.5 Å². The lowest BCUT2D eigenvalue weighted by atomic mass is 9.82. The summed E-state index contributed by atoms with van der Waals surface area (Å²) in [6.45, 7) is 12.4. The minimum atomic E-state index is 0. The number of halogens is 3. The molecule has 2 aromatic carbocycles. The summed E-state index contributed by atoms with van der Waals surface area (Å²) >= 11 is 12.0. The van der Waals surface area contributed by atoms with Gasteiger partial charge in [0.05, 0.1) is 17.2 Å². The van der Waals surface area contributed by atoms with Gasteiger partial charge in [-0.1, -0.05) is 56.1 Å². The predicted octanol–water partition coefficient (Wildman–Crippen LogP) is 7.31. The highest BCUT2D eigenvalue weighted by Crippen LogP contribution is 2.31. The first kappa shape index (κ1) is 25.9. The summed E-state index contributed by atoms with van der Waals surface area (Å²) in [6, 6.07) is 11.5. The van der Waals surface area contributed by atoms with Gasteiger partial charge in [-0.2, -0.15) is 0 Å². The molecule has 0 aliphatic carbocycles. The molecule has 2 rings (SSSR count). The van der Waals surface area contributed by atoms with Crippen LogP contribution < -0.4 is 14.8 Å². The number of benzene rings is 2. The largest absolute Gasteiger partial charge is 0.493 e. The first-order valence-electron chi connectivity index (χ1n) is 9.48. The van der Waals surface area contributed by atoms with Crippen LogP contribution in [-0.4, -0.2) is 12.6 Å². The average Bonchev–Trinajstić information content (AvgIpc) is 2.59. The Hall–Kier alpha value is -1.13.